The van der Waals surface area contributed by atoms with E-state index in [4.69, 9.17) is 4.74 Å². The predicted molar refractivity (Wildman–Crippen MR) is 84.3 cm³/mol. The molecule has 1 aliphatic heterocycles. The van der Waals surface area contributed by atoms with E-state index in [9.17, 15) is 10.1 Å². The van der Waals surface area contributed by atoms with Crippen molar-refractivity contribution in [3.63, 3.8) is 0 Å². The van der Waals surface area contributed by atoms with Gasteiger partial charge in [-0.3, -0.25) is 10.1 Å². The Morgan fingerprint density at radius 2 is 2.23 bits per heavy atom. The maximum atomic E-state index is 11.2. The standard InChI is InChI=1S/C15H18N4O3/c1-22-10-11-8-16-6-7-18(11)15-13-5-3-2-4-12(13)14(9-17-15)19(20)21/h2-5,9,11,16H,6-8,10H2,1H3. The summed E-state index contributed by atoms with van der Waals surface area (Å²) < 4.78 is 5.29. The number of benzene rings is 1. The van der Waals surface area contributed by atoms with Crippen LogP contribution < -0.4 is 10.2 Å². The molecule has 2 aromatic rings. The third-order valence-electron chi connectivity index (χ3n) is 3.93. The van der Waals surface area contributed by atoms with Gasteiger partial charge in [-0.2, -0.15) is 0 Å². The van der Waals surface area contributed by atoms with Crippen molar-refractivity contribution in [1.29, 1.82) is 0 Å². The van der Waals surface area contributed by atoms with Crippen LogP contribution in [0.5, 0.6) is 0 Å². The number of fused-ring (bicyclic) bond motifs is 1. The predicted octanol–water partition coefficient (Wildman–Crippen LogP) is 1.57. The van der Waals surface area contributed by atoms with Crippen molar-refractivity contribution in [2.24, 2.45) is 0 Å². The van der Waals surface area contributed by atoms with Crippen LogP contribution >= 0.6 is 0 Å². The topological polar surface area (TPSA) is 80.5 Å². The number of nitrogens with one attached hydrogen (secondary N) is 1. The summed E-state index contributed by atoms with van der Waals surface area (Å²) in [4.78, 5) is 17.4. The van der Waals surface area contributed by atoms with Gasteiger partial charge in [-0.15, -0.1) is 0 Å². The normalized spacial score (nSPS) is 18.6. The molecule has 1 N–H and O–H groups in total. The van der Waals surface area contributed by atoms with Crippen molar-refractivity contribution >= 4 is 22.3 Å². The second-order valence-electron chi connectivity index (χ2n) is 5.28. The fourth-order valence-corrected chi connectivity index (χ4v) is 2.92. The molecule has 0 amide bonds. The van der Waals surface area contributed by atoms with Gasteiger partial charge in [-0.1, -0.05) is 18.2 Å². The zero-order valence-electron chi connectivity index (χ0n) is 12.4. The van der Waals surface area contributed by atoms with E-state index in [0.717, 1.165) is 30.8 Å². The van der Waals surface area contributed by atoms with Crippen LogP contribution in [0.15, 0.2) is 30.5 Å². The summed E-state index contributed by atoms with van der Waals surface area (Å²) in [6.45, 7) is 3.04. The number of anilines is 1. The number of ether oxygens (including phenoxy) is 1. The Hall–Kier alpha value is -2.25. The molecule has 0 radical (unpaired) electrons. The van der Waals surface area contributed by atoms with Crippen LogP contribution in [-0.4, -0.2) is 49.3 Å². The van der Waals surface area contributed by atoms with E-state index >= 15 is 0 Å². The van der Waals surface area contributed by atoms with E-state index in [1.54, 1.807) is 13.2 Å². The van der Waals surface area contributed by atoms with Crippen molar-refractivity contribution in [3.05, 3.63) is 40.6 Å². The first-order chi connectivity index (χ1) is 10.7. The van der Waals surface area contributed by atoms with Gasteiger partial charge in [0.25, 0.3) is 5.69 Å². The summed E-state index contributed by atoms with van der Waals surface area (Å²) in [7, 11) is 1.67. The lowest BCUT2D eigenvalue weighted by Gasteiger charge is -2.37. The monoisotopic (exact) mass is 302 g/mol. The van der Waals surface area contributed by atoms with Gasteiger partial charge >= 0.3 is 0 Å². The third-order valence-corrected chi connectivity index (χ3v) is 3.93. The number of nitro groups is 1. The van der Waals surface area contributed by atoms with Crippen LogP contribution in [0.25, 0.3) is 10.8 Å². The Bertz CT molecular complexity index is 690. The first-order valence-corrected chi connectivity index (χ1v) is 7.21. The Morgan fingerprint density at radius 1 is 1.45 bits per heavy atom. The van der Waals surface area contributed by atoms with E-state index in [1.807, 2.05) is 18.2 Å². The number of hydrogen-bond donors (Lipinski definition) is 1. The summed E-state index contributed by atoms with van der Waals surface area (Å²) in [5.74, 6) is 0.782. The molecule has 1 aromatic heterocycles. The minimum Gasteiger partial charge on any atom is -0.383 e. The zero-order chi connectivity index (χ0) is 15.5. The first-order valence-electron chi connectivity index (χ1n) is 7.21. The van der Waals surface area contributed by atoms with Crippen LogP contribution in [0.1, 0.15) is 0 Å². The van der Waals surface area contributed by atoms with Gasteiger partial charge in [0, 0.05) is 32.1 Å². The maximum Gasteiger partial charge on any atom is 0.295 e. The number of nitrogens with zero attached hydrogens (tertiary/aromatic N) is 3. The van der Waals surface area contributed by atoms with Gasteiger partial charge < -0.3 is 15.0 Å². The fourth-order valence-electron chi connectivity index (χ4n) is 2.92. The van der Waals surface area contributed by atoms with Crippen LogP contribution in [0.4, 0.5) is 11.5 Å². The van der Waals surface area contributed by atoms with Gasteiger partial charge in [-0.25, -0.2) is 4.98 Å². The third kappa shape index (κ3) is 2.60. The molecule has 2 heterocycles. The molecule has 1 atom stereocenters. The molecular weight excluding hydrogens is 284 g/mol. The molecule has 1 unspecified atom stereocenters. The Balaban J connectivity index is 2.10. The highest BCUT2D eigenvalue weighted by Crippen LogP contribution is 2.32. The number of piperazine rings is 1. The highest BCUT2D eigenvalue weighted by Gasteiger charge is 2.26. The highest BCUT2D eigenvalue weighted by molar-refractivity contribution is 5.98. The van der Waals surface area contributed by atoms with Gasteiger partial charge in [0.2, 0.25) is 0 Å². The van der Waals surface area contributed by atoms with Crippen molar-refractivity contribution in [2.75, 3.05) is 38.3 Å². The molecule has 7 heteroatoms. The smallest absolute Gasteiger partial charge is 0.295 e. The van der Waals surface area contributed by atoms with Crippen molar-refractivity contribution < 1.29 is 9.66 Å². The lowest BCUT2D eigenvalue weighted by atomic mass is 10.1. The summed E-state index contributed by atoms with van der Waals surface area (Å²) in [6, 6.07) is 7.51. The molecule has 1 aliphatic rings. The van der Waals surface area contributed by atoms with Gasteiger partial charge in [0.05, 0.1) is 23.0 Å². The minimum atomic E-state index is -0.385. The Kier molecular flexibility index (Phi) is 4.17. The number of rotatable bonds is 4. The molecule has 1 saturated heterocycles. The van der Waals surface area contributed by atoms with Crippen LogP contribution in [0, 0.1) is 10.1 Å². The average Bonchev–Trinajstić information content (AvgIpc) is 2.54. The molecule has 22 heavy (non-hydrogen) atoms. The Labute approximate surface area is 128 Å². The van der Waals surface area contributed by atoms with Crippen LogP contribution in [-0.2, 0) is 4.74 Å². The van der Waals surface area contributed by atoms with E-state index in [-0.39, 0.29) is 16.7 Å². The van der Waals surface area contributed by atoms with Crippen LogP contribution in [0.3, 0.4) is 0 Å². The number of pyridine rings is 1. The SMILES string of the molecule is COCC1CNCCN1c1ncc([N+](=O)[O-])c2ccccc12. The molecule has 0 aliphatic carbocycles. The summed E-state index contributed by atoms with van der Waals surface area (Å²) in [5.41, 5.74) is 0.0396. The fraction of sp³-hybridized carbons (Fsp3) is 0.400. The quantitative estimate of drug-likeness (QED) is 0.682. The Morgan fingerprint density at radius 3 is 2.95 bits per heavy atom. The molecule has 0 saturated carbocycles. The van der Waals surface area contributed by atoms with E-state index in [2.05, 4.69) is 15.2 Å². The van der Waals surface area contributed by atoms with Gasteiger partial charge in [0.15, 0.2) is 0 Å². The van der Waals surface area contributed by atoms with Crippen molar-refractivity contribution in [2.45, 2.75) is 6.04 Å². The number of hydrogen-bond acceptors (Lipinski definition) is 6. The minimum absolute atomic E-state index is 0.0396. The second kappa shape index (κ2) is 6.25. The zero-order valence-corrected chi connectivity index (χ0v) is 12.4. The average molecular weight is 302 g/mol. The molecule has 0 bridgehead atoms. The van der Waals surface area contributed by atoms with E-state index < -0.39 is 0 Å². The number of aromatic nitrogens is 1. The maximum absolute atomic E-state index is 11.2. The molecule has 116 valence electrons. The van der Waals surface area contributed by atoms with Gasteiger partial charge in [0.1, 0.15) is 12.0 Å². The lowest BCUT2D eigenvalue weighted by Crippen LogP contribution is -2.53. The lowest BCUT2D eigenvalue weighted by molar-refractivity contribution is -0.383. The van der Waals surface area contributed by atoms with Gasteiger partial charge in [-0.05, 0) is 6.07 Å². The summed E-state index contributed by atoms with van der Waals surface area (Å²) in [6.07, 6.45) is 1.35. The second-order valence-corrected chi connectivity index (χ2v) is 5.28. The first kappa shape index (κ1) is 14.7. The molecule has 3 rings (SSSR count). The summed E-state index contributed by atoms with van der Waals surface area (Å²) in [5, 5.41) is 16.0. The molecule has 0 spiro atoms. The van der Waals surface area contributed by atoms with Crippen molar-refractivity contribution in [1.82, 2.24) is 10.3 Å². The molecule has 7 nitrogen and oxygen atoms in total. The number of methoxy groups -OCH3 is 1. The summed E-state index contributed by atoms with van der Waals surface area (Å²) >= 11 is 0. The van der Waals surface area contributed by atoms with Crippen molar-refractivity contribution in [3.8, 4) is 0 Å². The van der Waals surface area contributed by atoms with E-state index in [1.165, 1.54) is 6.20 Å². The van der Waals surface area contributed by atoms with E-state index in [0.29, 0.717) is 12.0 Å². The molecule has 1 aromatic carbocycles. The molecular formula is C15H18N4O3. The largest absolute Gasteiger partial charge is 0.383 e. The molecule has 1 fully saturated rings. The highest BCUT2D eigenvalue weighted by atomic mass is 16.6. The van der Waals surface area contributed by atoms with Crippen LogP contribution in [0.2, 0.25) is 0 Å².